The summed E-state index contributed by atoms with van der Waals surface area (Å²) in [4.78, 5) is 0.0627. The topological polar surface area (TPSA) is 64.4 Å². The molecule has 1 aromatic heterocycles. The summed E-state index contributed by atoms with van der Waals surface area (Å²) in [5.74, 6) is -1.21. The van der Waals surface area contributed by atoms with E-state index < -0.39 is 21.7 Å². The quantitative estimate of drug-likeness (QED) is 0.817. The molecule has 0 saturated carbocycles. The summed E-state index contributed by atoms with van der Waals surface area (Å²) in [5.41, 5.74) is 0.0517. The lowest BCUT2D eigenvalue weighted by molar-refractivity contribution is 0.223. The summed E-state index contributed by atoms with van der Waals surface area (Å²) in [6.07, 6.45) is 2.83. The molecule has 1 fully saturated rings. The van der Waals surface area contributed by atoms with Crippen molar-refractivity contribution in [1.29, 1.82) is 0 Å². The first-order valence-electron chi connectivity index (χ1n) is 8.61. The van der Waals surface area contributed by atoms with Crippen LogP contribution in [0.4, 0.5) is 8.78 Å². The third-order valence-electron chi connectivity index (χ3n) is 4.99. The Hall–Kier alpha value is -2.00. The highest BCUT2D eigenvalue weighted by atomic mass is 32.2. The van der Waals surface area contributed by atoms with Gasteiger partial charge in [-0.3, -0.25) is 0 Å². The number of fused-ring (bicyclic) bond motifs is 1. The Morgan fingerprint density at radius 2 is 1.81 bits per heavy atom. The maximum absolute atomic E-state index is 14.0. The van der Waals surface area contributed by atoms with Crippen molar-refractivity contribution in [3.8, 4) is 5.88 Å². The smallest absolute Gasteiger partial charge is 0.250 e. The fourth-order valence-electron chi connectivity index (χ4n) is 3.65. The molecule has 0 unspecified atom stereocenters. The average Bonchev–Trinajstić information content (AvgIpc) is 3.07. The Balaban J connectivity index is 1.53. The maximum atomic E-state index is 14.0. The Labute approximate surface area is 150 Å². The predicted molar refractivity (Wildman–Crippen MR) is 89.4 cm³/mol. The Kier molecular flexibility index (Phi) is 4.44. The highest BCUT2D eigenvalue weighted by Crippen LogP contribution is 2.35. The van der Waals surface area contributed by atoms with Gasteiger partial charge in [0.2, 0.25) is 15.9 Å². The van der Waals surface area contributed by atoms with Crippen molar-refractivity contribution in [2.75, 3.05) is 19.7 Å². The van der Waals surface area contributed by atoms with Gasteiger partial charge in [0.15, 0.2) is 4.90 Å². The molecule has 26 heavy (non-hydrogen) atoms. The third-order valence-corrected chi connectivity index (χ3v) is 6.87. The van der Waals surface area contributed by atoms with Crippen LogP contribution in [0.2, 0.25) is 0 Å². The van der Waals surface area contributed by atoms with E-state index in [4.69, 9.17) is 4.74 Å². The van der Waals surface area contributed by atoms with E-state index in [1.807, 2.05) is 0 Å². The number of aromatic nitrogens is 2. The first kappa shape index (κ1) is 17.4. The first-order chi connectivity index (χ1) is 12.5. The van der Waals surface area contributed by atoms with Crippen LogP contribution < -0.4 is 4.74 Å². The number of sulfonamides is 1. The van der Waals surface area contributed by atoms with Crippen LogP contribution in [-0.4, -0.2) is 42.2 Å². The summed E-state index contributed by atoms with van der Waals surface area (Å²) in [5, 5.41) is 4.09. The number of halogens is 2. The van der Waals surface area contributed by atoms with Crippen LogP contribution >= 0.6 is 0 Å². The zero-order chi connectivity index (χ0) is 18.3. The Morgan fingerprint density at radius 1 is 1.12 bits per heavy atom. The second kappa shape index (κ2) is 6.62. The second-order valence-corrected chi connectivity index (χ2v) is 8.46. The molecule has 0 bridgehead atoms. The van der Waals surface area contributed by atoms with Gasteiger partial charge in [0.1, 0.15) is 11.6 Å². The fraction of sp³-hybridized carbons (Fsp3) is 0.471. The molecule has 3 heterocycles. The van der Waals surface area contributed by atoms with Gasteiger partial charge in [-0.2, -0.15) is 9.40 Å². The third kappa shape index (κ3) is 2.88. The molecule has 1 saturated heterocycles. The molecule has 2 aliphatic rings. The average molecular weight is 383 g/mol. The van der Waals surface area contributed by atoms with E-state index in [1.54, 1.807) is 4.68 Å². The van der Waals surface area contributed by atoms with Gasteiger partial charge in [-0.1, -0.05) is 6.07 Å². The molecule has 2 aromatic rings. The molecule has 0 radical (unpaired) electrons. The number of benzene rings is 1. The largest absolute Gasteiger partial charge is 0.477 e. The van der Waals surface area contributed by atoms with Crippen molar-refractivity contribution in [3.63, 3.8) is 0 Å². The monoisotopic (exact) mass is 383 g/mol. The molecule has 4 rings (SSSR count). The van der Waals surface area contributed by atoms with Gasteiger partial charge in [0.25, 0.3) is 0 Å². The summed E-state index contributed by atoms with van der Waals surface area (Å²) >= 11 is 0. The molecule has 0 aliphatic carbocycles. The van der Waals surface area contributed by atoms with Crippen LogP contribution in [0.15, 0.2) is 29.3 Å². The second-order valence-electron chi connectivity index (χ2n) is 6.55. The van der Waals surface area contributed by atoms with Gasteiger partial charge in [0.05, 0.1) is 12.8 Å². The van der Waals surface area contributed by atoms with Crippen LogP contribution in [0.1, 0.15) is 30.7 Å². The number of ether oxygens (including phenoxy) is 1. The van der Waals surface area contributed by atoms with Crippen LogP contribution in [0.25, 0.3) is 0 Å². The minimum atomic E-state index is -3.75. The minimum Gasteiger partial charge on any atom is -0.477 e. The molecule has 1 aromatic carbocycles. The van der Waals surface area contributed by atoms with E-state index in [0.717, 1.165) is 6.42 Å². The maximum Gasteiger partial charge on any atom is 0.250 e. The lowest BCUT2D eigenvalue weighted by atomic mass is 9.89. The van der Waals surface area contributed by atoms with Crippen LogP contribution in [0.5, 0.6) is 5.88 Å². The van der Waals surface area contributed by atoms with E-state index in [0.29, 0.717) is 26.0 Å². The Bertz CT molecular complexity index is 901. The summed E-state index contributed by atoms with van der Waals surface area (Å²) in [6.45, 7) is 1.49. The van der Waals surface area contributed by atoms with Crippen molar-refractivity contribution in [3.05, 3.63) is 41.6 Å². The molecule has 140 valence electrons. The molecule has 0 spiro atoms. The van der Waals surface area contributed by atoms with Crippen LogP contribution in [-0.2, 0) is 16.6 Å². The lowest BCUT2D eigenvalue weighted by Gasteiger charge is -2.31. The number of aryl methyl sites for hydroxylation is 1. The molecular formula is C17H19F2N3O3S. The van der Waals surface area contributed by atoms with E-state index in [2.05, 4.69) is 5.10 Å². The van der Waals surface area contributed by atoms with E-state index in [1.165, 1.54) is 28.7 Å². The molecule has 0 atom stereocenters. The SMILES string of the molecule is O=S(=O)(c1cnn2c1OCCC2)N1CCC(c2c(F)cccc2F)CC1. The van der Waals surface area contributed by atoms with Gasteiger partial charge in [-0.15, -0.1) is 0 Å². The van der Waals surface area contributed by atoms with Crippen LogP contribution in [0, 0.1) is 11.6 Å². The summed E-state index contributed by atoms with van der Waals surface area (Å²) < 4.78 is 62.2. The normalized spacial score (nSPS) is 19.2. The number of piperidine rings is 1. The first-order valence-corrected chi connectivity index (χ1v) is 10.0. The summed E-state index contributed by atoms with van der Waals surface area (Å²) in [7, 11) is -3.75. The van der Waals surface area contributed by atoms with Crippen molar-refractivity contribution < 1.29 is 21.9 Å². The van der Waals surface area contributed by atoms with Crippen molar-refractivity contribution in [2.45, 2.75) is 36.6 Å². The number of hydrogen-bond donors (Lipinski definition) is 0. The number of hydrogen-bond acceptors (Lipinski definition) is 4. The van der Waals surface area contributed by atoms with Crippen LogP contribution in [0.3, 0.4) is 0 Å². The van der Waals surface area contributed by atoms with Crippen molar-refractivity contribution in [1.82, 2.24) is 14.1 Å². The number of rotatable bonds is 3. The van der Waals surface area contributed by atoms with Crippen molar-refractivity contribution >= 4 is 10.0 Å². The van der Waals surface area contributed by atoms with Gasteiger partial charge in [-0.25, -0.2) is 21.9 Å². The highest BCUT2D eigenvalue weighted by molar-refractivity contribution is 7.89. The Morgan fingerprint density at radius 3 is 2.50 bits per heavy atom. The highest BCUT2D eigenvalue weighted by Gasteiger charge is 2.35. The lowest BCUT2D eigenvalue weighted by Crippen LogP contribution is -2.38. The predicted octanol–water partition coefficient (Wildman–Crippen LogP) is 2.51. The van der Waals surface area contributed by atoms with Crippen molar-refractivity contribution in [2.24, 2.45) is 0 Å². The fourth-order valence-corrected chi connectivity index (χ4v) is 5.18. The molecular weight excluding hydrogens is 364 g/mol. The van der Waals surface area contributed by atoms with E-state index >= 15 is 0 Å². The standard InChI is InChI=1S/C17H19F2N3O3S/c18-13-3-1-4-14(19)16(13)12-5-8-21(9-6-12)26(23,24)15-11-20-22-7-2-10-25-17(15)22/h1,3-4,11-12H,2,5-10H2. The molecule has 9 heteroatoms. The summed E-state index contributed by atoms with van der Waals surface area (Å²) in [6, 6.07) is 3.80. The molecule has 0 N–H and O–H groups in total. The van der Waals surface area contributed by atoms with Gasteiger partial charge in [-0.05, 0) is 30.9 Å². The molecule has 0 amide bonds. The van der Waals surface area contributed by atoms with Gasteiger partial charge >= 0.3 is 0 Å². The zero-order valence-electron chi connectivity index (χ0n) is 14.1. The van der Waals surface area contributed by atoms with Gasteiger partial charge in [0, 0.05) is 31.6 Å². The molecule has 6 nitrogen and oxygen atoms in total. The van der Waals surface area contributed by atoms with E-state index in [-0.39, 0.29) is 35.3 Å². The molecule has 2 aliphatic heterocycles. The number of nitrogens with zero attached hydrogens (tertiary/aromatic N) is 3. The minimum absolute atomic E-state index is 0.0517. The van der Waals surface area contributed by atoms with Gasteiger partial charge < -0.3 is 4.74 Å². The zero-order valence-corrected chi connectivity index (χ0v) is 14.9. The van der Waals surface area contributed by atoms with E-state index in [9.17, 15) is 17.2 Å².